The minimum atomic E-state index is -0.749. The van der Waals surface area contributed by atoms with Gasteiger partial charge in [0, 0.05) is 39.0 Å². The summed E-state index contributed by atoms with van der Waals surface area (Å²) < 4.78 is 5.53. The molecule has 2 aromatic carbocycles. The predicted octanol–water partition coefficient (Wildman–Crippen LogP) is 2.87. The second kappa shape index (κ2) is 10.0. The number of para-hydroxylation sites is 1. The molecule has 2 aromatic rings. The lowest BCUT2D eigenvalue weighted by atomic mass is 9.98. The number of fused-ring (bicyclic) bond motifs is 3. The molecule has 2 unspecified atom stereocenters. The number of ether oxygens (including phenoxy) is 1. The van der Waals surface area contributed by atoms with Crippen LogP contribution in [0, 0.1) is 6.92 Å². The molecule has 0 radical (unpaired) electrons. The number of carbonyl (C=O) groups is 3. The monoisotopic (exact) mass is 490 g/mol. The zero-order chi connectivity index (χ0) is 25.3. The van der Waals surface area contributed by atoms with Gasteiger partial charge in [-0.1, -0.05) is 42.0 Å². The molecule has 1 N–H and O–H groups in total. The fraction of sp³-hybridized carbons (Fsp3) is 0.464. The lowest BCUT2D eigenvalue weighted by Crippen LogP contribution is -2.62. The Labute approximate surface area is 212 Å². The molecule has 2 saturated heterocycles. The van der Waals surface area contributed by atoms with E-state index in [9.17, 15) is 14.4 Å². The minimum absolute atomic E-state index is 0.0124. The molecule has 3 aliphatic heterocycles. The summed E-state index contributed by atoms with van der Waals surface area (Å²) in [5.74, 6) is -0.220. The fourth-order valence-electron chi connectivity index (χ4n) is 5.69. The third-order valence-corrected chi connectivity index (χ3v) is 7.75. The number of aryl methyl sites for hydroxylation is 1. The van der Waals surface area contributed by atoms with Gasteiger partial charge < -0.3 is 15.0 Å². The molecule has 190 valence electrons. The fourth-order valence-corrected chi connectivity index (χ4v) is 5.69. The van der Waals surface area contributed by atoms with Crippen LogP contribution in [0.1, 0.15) is 53.7 Å². The predicted molar refractivity (Wildman–Crippen MR) is 137 cm³/mol. The highest BCUT2D eigenvalue weighted by Gasteiger charge is 2.52. The van der Waals surface area contributed by atoms with Crippen molar-refractivity contribution in [3.63, 3.8) is 0 Å². The van der Waals surface area contributed by atoms with Crippen LogP contribution in [0.2, 0.25) is 0 Å². The molecule has 3 heterocycles. The van der Waals surface area contributed by atoms with Gasteiger partial charge in [0.1, 0.15) is 5.66 Å². The van der Waals surface area contributed by atoms with Gasteiger partial charge in [-0.2, -0.15) is 0 Å². The number of morpholine rings is 1. The standard InChI is InChI=1S/C28H34N4O4/c1-20-7-9-21(10-8-20)24(30-15-17-36-18-16-30)19-29-25(33)12-14-31-27(35)22-5-3-4-6-23(22)32-26(34)11-13-28(31,32)2/h3-10,24H,11-19H2,1-2H3,(H,29,33). The van der Waals surface area contributed by atoms with E-state index >= 15 is 0 Å². The van der Waals surface area contributed by atoms with E-state index < -0.39 is 5.66 Å². The maximum absolute atomic E-state index is 13.4. The Kier molecular flexibility index (Phi) is 6.81. The van der Waals surface area contributed by atoms with E-state index in [4.69, 9.17) is 4.74 Å². The first-order valence-electron chi connectivity index (χ1n) is 12.8. The number of carbonyl (C=O) groups excluding carboxylic acids is 3. The van der Waals surface area contributed by atoms with Crippen molar-refractivity contribution >= 4 is 23.4 Å². The number of hydrogen-bond donors (Lipinski definition) is 1. The zero-order valence-corrected chi connectivity index (χ0v) is 21.0. The Morgan fingerprint density at radius 3 is 2.56 bits per heavy atom. The maximum Gasteiger partial charge on any atom is 0.257 e. The molecule has 3 amide bonds. The number of anilines is 1. The molecule has 3 aliphatic rings. The third kappa shape index (κ3) is 4.51. The highest BCUT2D eigenvalue weighted by Crippen LogP contribution is 2.43. The second-order valence-corrected chi connectivity index (χ2v) is 10.0. The average molecular weight is 491 g/mol. The molecule has 0 spiro atoms. The summed E-state index contributed by atoms with van der Waals surface area (Å²) in [5, 5.41) is 3.11. The van der Waals surface area contributed by atoms with E-state index in [0.717, 1.165) is 13.1 Å². The molecule has 8 heteroatoms. The largest absolute Gasteiger partial charge is 0.379 e. The Hall–Kier alpha value is -3.23. The lowest BCUT2D eigenvalue weighted by molar-refractivity contribution is -0.121. The molecular weight excluding hydrogens is 456 g/mol. The molecule has 2 fully saturated rings. The zero-order valence-electron chi connectivity index (χ0n) is 21.0. The molecule has 0 aliphatic carbocycles. The van der Waals surface area contributed by atoms with E-state index in [0.29, 0.717) is 43.9 Å². The van der Waals surface area contributed by atoms with Gasteiger partial charge in [-0.15, -0.1) is 0 Å². The highest BCUT2D eigenvalue weighted by atomic mass is 16.5. The first-order valence-corrected chi connectivity index (χ1v) is 12.8. The van der Waals surface area contributed by atoms with Crippen LogP contribution in [0.15, 0.2) is 48.5 Å². The van der Waals surface area contributed by atoms with Crippen LogP contribution in [0.5, 0.6) is 0 Å². The molecule has 0 aromatic heterocycles. The Morgan fingerprint density at radius 2 is 1.81 bits per heavy atom. The van der Waals surface area contributed by atoms with Crippen molar-refractivity contribution in [3.05, 3.63) is 65.2 Å². The molecular formula is C28H34N4O4. The van der Waals surface area contributed by atoms with Gasteiger partial charge in [-0.05, 0) is 38.0 Å². The van der Waals surface area contributed by atoms with E-state index in [1.54, 1.807) is 15.9 Å². The Balaban J connectivity index is 1.27. The minimum Gasteiger partial charge on any atom is -0.379 e. The average Bonchev–Trinajstić information content (AvgIpc) is 3.20. The van der Waals surface area contributed by atoms with Gasteiger partial charge in [-0.3, -0.25) is 24.2 Å². The first-order chi connectivity index (χ1) is 17.4. The summed E-state index contributed by atoms with van der Waals surface area (Å²) in [4.78, 5) is 45.0. The van der Waals surface area contributed by atoms with Gasteiger partial charge in [0.25, 0.3) is 5.91 Å². The van der Waals surface area contributed by atoms with E-state index in [1.165, 1.54) is 11.1 Å². The van der Waals surface area contributed by atoms with Crippen molar-refractivity contribution in [1.82, 2.24) is 15.1 Å². The summed E-state index contributed by atoms with van der Waals surface area (Å²) in [6.07, 6.45) is 1.12. The van der Waals surface area contributed by atoms with Crippen molar-refractivity contribution in [2.24, 2.45) is 0 Å². The third-order valence-electron chi connectivity index (χ3n) is 7.75. The van der Waals surface area contributed by atoms with E-state index in [2.05, 4.69) is 41.4 Å². The molecule has 0 saturated carbocycles. The smallest absolute Gasteiger partial charge is 0.257 e. The summed E-state index contributed by atoms with van der Waals surface area (Å²) >= 11 is 0. The van der Waals surface area contributed by atoms with Gasteiger partial charge in [0.05, 0.1) is 30.5 Å². The van der Waals surface area contributed by atoms with Crippen LogP contribution < -0.4 is 10.2 Å². The van der Waals surface area contributed by atoms with Crippen molar-refractivity contribution in [3.8, 4) is 0 Å². The van der Waals surface area contributed by atoms with E-state index in [1.807, 2.05) is 25.1 Å². The summed E-state index contributed by atoms with van der Waals surface area (Å²) in [6.45, 7) is 7.74. The number of nitrogens with one attached hydrogen (secondary N) is 1. The molecule has 5 rings (SSSR count). The normalized spacial score (nSPS) is 22.8. The van der Waals surface area contributed by atoms with Gasteiger partial charge >= 0.3 is 0 Å². The highest BCUT2D eigenvalue weighted by molar-refractivity contribution is 6.10. The van der Waals surface area contributed by atoms with Crippen LogP contribution in [0.25, 0.3) is 0 Å². The summed E-state index contributed by atoms with van der Waals surface area (Å²) in [6, 6.07) is 15.7. The number of benzene rings is 2. The van der Waals surface area contributed by atoms with Crippen molar-refractivity contribution in [2.45, 2.75) is 44.8 Å². The quantitative estimate of drug-likeness (QED) is 0.646. The molecule has 2 atom stereocenters. The van der Waals surface area contributed by atoms with Crippen LogP contribution in [0.4, 0.5) is 5.69 Å². The summed E-state index contributed by atoms with van der Waals surface area (Å²) in [5.41, 5.74) is 2.79. The molecule has 0 bridgehead atoms. The topological polar surface area (TPSA) is 82.2 Å². The molecule has 36 heavy (non-hydrogen) atoms. The summed E-state index contributed by atoms with van der Waals surface area (Å²) in [7, 11) is 0. The van der Waals surface area contributed by atoms with Crippen LogP contribution in [-0.4, -0.2) is 72.6 Å². The van der Waals surface area contributed by atoms with E-state index in [-0.39, 0.29) is 36.7 Å². The van der Waals surface area contributed by atoms with Gasteiger partial charge in [-0.25, -0.2) is 0 Å². The number of nitrogens with zero attached hydrogens (tertiary/aromatic N) is 3. The van der Waals surface area contributed by atoms with Crippen LogP contribution in [0.3, 0.4) is 0 Å². The lowest BCUT2D eigenvalue weighted by Gasteiger charge is -2.48. The van der Waals surface area contributed by atoms with Crippen molar-refractivity contribution in [1.29, 1.82) is 0 Å². The van der Waals surface area contributed by atoms with Crippen LogP contribution >= 0.6 is 0 Å². The Bertz CT molecular complexity index is 1140. The first kappa shape index (κ1) is 24.5. The van der Waals surface area contributed by atoms with Crippen molar-refractivity contribution < 1.29 is 19.1 Å². The van der Waals surface area contributed by atoms with Crippen LogP contribution in [-0.2, 0) is 14.3 Å². The number of amides is 3. The van der Waals surface area contributed by atoms with Gasteiger partial charge in [0.2, 0.25) is 11.8 Å². The number of hydrogen-bond acceptors (Lipinski definition) is 5. The number of rotatable bonds is 7. The SMILES string of the molecule is Cc1ccc(C(CNC(=O)CCN2C(=O)c3ccccc3N3C(=O)CCC23C)N2CCOCC2)cc1. The van der Waals surface area contributed by atoms with Gasteiger partial charge in [0.15, 0.2) is 0 Å². The van der Waals surface area contributed by atoms with Crippen molar-refractivity contribution in [2.75, 3.05) is 44.3 Å². The second-order valence-electron chi connectivity index (χ2n) is 10.0. The Morgan fingerprint density at radius 1 is 1.08 bits per heavy atom. The maximum atomic E-state index is 13.4. The molecule has 8 nitrogen and oxygen atoms in total.